The van der Waals surface area contributed by atoms with Crippen molar-refractivity contribution < 1.29 is 13.2 Å². The standard InChI is InChI=1S/C19H24N2O3S/c1-12-9-14(3)18(15(4)10-12)20-19(22)16-7-8-17(13(2)11-16)21(5)25(6,23)24/h7-11H,1-6H3,(H,20,22). The molecule has 0 aliphatic carbocycles. The third-order valence-electron chi connectivity index (χ3n) is 4.21. The minimum Gasteiger partial charge on any atom is -0.322 e. The van der Waals surface area contributed by atoms with E-state index in [9.17, 15) is 13.2 Å². The van der Waals surface area contributed by atoms with Gasteiger partial charge < -0.3 is 5.32 Å². The van der Waals surface area contributed by atoms with E-state index >= 15 is 0 Å². The maximum absolute atomic E-state index is 12.6. The zero-order chi connectivity index (χ0) is 18.9. The minimum absolute atomic E-state index is 0.216. The van der Waals surface area contributed by atoms with Gasteiger partial charge in [0.25, 0.3) is 5.91 Å². The van der Waals surface area contributed by atoms with Gasteiger partial charge in [-0.15, -0.1) is 0 Å². The highest BCUT2D eigenvalue weighted by molar-refractivity contribution is 7.92. The number of benzene rings is 2. The summed E-state index contributed by atoms with van der Waals surface area (Å²) in [5.74, 6) is -0.216. The van der Waals surface area contributed by atoms with Crippen LogP contribution in [0.2, 0.25) is 0 Å². The lowest BCUT2D eigenvalue weighted by atomic mass is 10.0. The molecule has 0 heterocycles. The van der Waals surface area contributed by atoms with Crippen molar-refractivity contribution in [2.45, 2.75) is 27.7 Å². The highest BCUT2D eigenvalue weighted by atomic mass is 32.2. The molecule has 1 amide bonds. The second kappa shape index (κ2) is 6.88. The van der Waals surface area contributed by atoms with E-state index in [0.717, 1.165) is 34.2 Å². The van der Waals surface area contributed by atoms with Gasteiger partial charge in [-0.3, -0.25) is 9.10 Å². The van der Waals surface area contributed by atoms with Crippen molar-refractivity contribution >= 4 is 27.3 Å². The molecule has 1 N–H and O–H groups in total. The number of aryl methyl sites for hydroxylation is 4. The minimum atomic E-state index is -3.34. The van der Waals surface area contributed by atoms with Crippen LogP contribution in [0.3, 0.4) is 0 Å². The Balaban J connectivity index is 2.31. The Bertz CT molecular complexity index is 911. The number of hydrogen-bond donors (Lipinski definition) is 1. The molecule has 25 heavy (non-hydrogen) atoms. The van der Waals surface area contributed by atoms with E-state index < -0.39 is 10.0 Å². The van der Waals surface area contributed by atoms with E-state index in [1.807, 2.05) is 32.9 Å². The first kappa shape index (κ1) is 19.0. The van der Waals surface area contributed by atoms with Crippen LogP contribution in [0.5, 0.6) is 0 Å². The van der Waals surface area contributed by atoms with Gasteiger partial charge in [0.15, 0.2) is 0 Å². The number of nitrogens with one attached hydrogen (secondary N) is 1. The van der Waals surface area contributed by atoms with Crippen molar-refractivity contribution in [3.05, 3.63) is 58.1 Å². The number of nitrogens with zero attached hydrogens (tertiary/aromatic N) is 1. The lowest BCUT2D eigenvalue weighted by Crippen LogP contribution is -2.25. The Hall–Kier alpha value is -2.34. The Morgan fingerprint density at radius 3 is 2.00 bits per heavy atom. The monoisotopic (exact) mass is 360 g/mol. The van der Waals surface area contributed by atoms with Gasteiger partial charge in [0, 0.05) is 18.3 Å². The quantitative estimate of drug-likeness (QED) is 0.906. The summed E-state index contributed by atoms with van der Waals surface area (Å²) in [6.07, 6.45) is 1.15. The van der Waals surface area contributed by atoms with Crippen LogP contribution in [0.25, 0.3) is 0 Å². The number of anilines is 2. The Morgan fingerprint density at radius 1 is 0.960 bits per heavy atom. The number of rotatable bonds is 4. The van der Waals surface area contributed by atoms with Gasteiger partial charge in [-0.2, -0.15) is 0 Å². The fourth-order valence-corrected chi connectivity index (χ4v) is 3.45. The molecule has 0 bridgehead atoms. The molecule has 2 rings (SSSR count). The molecule has 134 valence electrons. The molecule has 0 saturated carbocycles. The van der Waals surface area contributed by atoms with Gasteiger partial charge >= 0.3 is 0 Å². The number of carbonyl (C=O) groups excluding carboxylic acids is 1. The van der Waals surface area contributed by atoms with Gasteiger partial charge in [0.2, 0.25) is 10.0 Å². The summed E-state index contributed by atoms with van der Waals surface area (Å²) < 4.78 is 24.6. The zero-order valence-electron chi connectivity index (χ0n) is 15.5. The summed E-state index contributed by atoms with van der Waals surface area (Å²) >= 11 is 0. The van der Waals surface area contributed by atoms with Crippen molar-refractivity contribution in [3.63, 3.8) is 0 Å². The molecule has 0 aliphatic heterocycles. The van der Waals surface area contributed by atoms with Crippen LogP contribution in [0.1, 0.15) is 32.6 Å². The summed E-state index contributed by atoms with van der Waals surface area (Å²) in [7, 11) is -1.85. The normalized spacial score (nSPS) is 11.3. The molecule has 0 atom stereocenters. The van der Waals surface area contributed by atoms with Crippen LogP contribution >= 0.6 is 0 Å². The molecule has 0 fully saturated rings. The second-order valence-electron chi connectivity index (χ2n) is 6.46. The fraction of sp³-hybridized carbons (Fsp3) is 0.316. The predicted octanol–water partition coefficient (Wildman–Crippen LogP) is 3.57. The Kier molecular flexibility index (Phi) is 5.23. The van der Waals surface area contributed by atoms with Gasteiger partial charge in [-0.1, -0.05) is 17.7 Å². The summed E-state index contributed by atoms with van der Waals surface area (Å²) in [6.45, 7) is 7.73. The fourth-order valence-electron chi connectivity index (χ4n) is 2.89. The molecule has 0 radical (unpaired) electrons. The first-order chi connectivity index (χ1) is 11.5. The molecule has 2 aromatic rings. The van der Waals surface area contributed by atoms with Crippen LogP contribution in [-0.4, -0.2) is 27.6 Å². The molecule has 0 spiro atoms. The molecule has 0 aliphatic rings. The van der Waals surface area contributed by atoms with Crippen LogP contribution in [0.4, 0.5) is 11.4 Å². The lowest BCUT2D eigenvalue weighted by molar-refractivity contribution is 0.102. The molecule has 5 nitrogen and oxygen atoms in total. The van der Waals surface area contributed by atoms with E-state index in [-0.39, 0.29) is 5.91 Å². The molecule has 0 aromatic heterocycles. The molecular weight excluding hydrogens is 336 g/mol. The van der Waals surface area contributed by atoms with Crippen molar-refractivity contribution in [1.82, 2.24) is 0 Å². The van der Waals surface area contributed by atoms with Crippen LogP contribution in [0, 0.1) is 27.7 Å². The maximum atomic E-state index is 12.6. The first-order valence-corrected chi connectivity index (χ1v) is 9.79. The van der Waals surface area contributed by atoms with E-state index in [0.29, 0.717) is 11.3 Å². The smallest absolute Gasteiger partial charge is 0.255 e. The van der Waals surface area contributed by atoms with E-state index in [1.54, 1.807) is 25.1 Å². The first-order valence-electron chi connectivity index (χ1n) is 7.94. The van der Waals surface area contributed by atoms with Crippen molar-refractivity contribution in [1.29, 1.82) is 0 Å². The van der Waals surface area contributed by atoms with Crippen molar-refractivity contribution in [3.8, 4) is 0 Å². The topological polar surface area (TPSA) is 66.5 Å². The lowest BCUT2D eigenvalue weighted by Gasteiger charge is -2.19. The average Bonchev–Trinajstić information content (AvgIpc) is 2.48. The highest BCUT2D eigenvalue weighted by Gasteiger charge is 2.16. The third-order valence-corrected chi connectivity index (χ3v) is 5.40. The molecule has 2 aromatic carbocycles. The average molecular weight is 360 g/mol. The Morgan fingerprint density at radius 2 is 1.52 bits per heavy atom. The molecule has 0 saturated heterocycles. The molecule has 0 unspecified atom stereocenters. The largest absolute Gasteiger partial charge is 0.322 e. The number of amides is 1. The number of hydrogen-bond acceptors (Lipinski definition) is 3. The summed E-state index contributed by atoms with van der Waals surface area (Å²) in [6, 6.07) is 9.04. The van der Waals surface area contributed by atoms with Crippen LogP contribution < -0.4 is 9.62 Å². The summed E-state index contributed by atoms with van der Waals surface area (Å²) in [4.78, 5) is 12.6. The van der Waals surface area contributed by atoms with Crippen molar-refractivity contribution in [2.24, 2.45) is 0 Å². The zero-order valence-corrected chi connectivity index (χ0v) is 16.3. The van der Waals surface area contributed by atoms with Gasteiger partial charge in [0.05, 0.1) is 11.9 Å². The second-order valence-corrected chi connectivity index (χ2v) is 8.47. The SMILES string of the molecule is Cc1cc(C)c(NC(=O)c2ccc(N(C)S(C)(=O)=O)c(C)c2)c(C)c1. The summed E-state index contributed by atoms with van der Waals surface area (Å²) in [5, 5.41) is 2.96. The van der Waals surface area contributed by atoms with Gasteiger partial charge in [-0.25, -0.2) is 8.42 Å². The van der Waals surface area contributed by atoms with Crippen LogP contribution in [0.15, 0.2) is 30.3 Å². The van der Waals surface area contributed by atoms with E-state index in [1.165, 1.54) is 11.4 Å². The predicted molar refractivity (Wildman–Crippen MR) is 103 cm³/mol. The maximum Gasteiger partial charge on any atom is 0.255 e. The van der Waals surface area contributed by atoms with Crippen molar-refractivity contribution in [2.75, 3.05) is 22.9 Å². The van der Waals surface area contributed by atoms with E-state index in [4.69, 9.17) is 0 Å². The van der Waals surface area contributed by atoms with Crippen LogP contribution in [-0.2, 0) is 10.0 Å². The van der Waals surface area contributed by atoms with Gasteiger partial charge in [0.1, 0.15) is 0 Å². The molecule has 6 heteroatoms. The molecular formula is C19H24N2O3S. The summed E-state index contributed by atoms with van der Waals surface area (Å²) in [5.41, 5.74) is 5.75. The third kappa shape index (κ3) is 4.20. The highest BCUT2D eigenvalue weighted by Crippen LogP contribution is 2.25. The Labute approximate surface area is 149 Å². The number of sulfonamides is 1. The van der Waals surface area contributed by atoms with Gasteiger partial charge in [-0.05, 0) is 62.6 Å². The number of carbonyl (C=O) groups is 1. The van der Waals surface area contributed by atoms with E-state index in [2.05, 4.69) is 5.32 Å².